The third-order valence-electron chi connectivity index (χ3n) is 2.32. The van der Waals surface area contributed by atoms with Gasteiger partial charge in [0.15, 0.2) is 0 Å². The first-order valence-corrected chi connectivity index (χ1v) is 4.89. The van der Waals surface area contributed by atoms with Gasteiger partial charge >= 0.3 is 5.82 Å². The molecular formula is C12H12O3. The molecule has 15 heavy (non-hydrogen) atoms. The first-order valence-electron chi connectivity index (χ1n) is 4.89. The maximum absolute atomic E-state index is 10.8. The zero-order valence-electron chi connectivity index (χ0n) is 8.53. The summed E-state index contributed by atoms with van der Waals surface area (Å²) in [6.07, 6.45) is 1.55. The predicted octanol–water partition coefficient (Wildman–Crippen LogP) is 2.33. The van der Waals surface area contributed by atoms with Crippen molar-refractivity contribution in [3.8, 4) is 0 Å². The van der Waals surface area contributed by atoms with Gasteiger partial charge in [-0.15, -0.1) is 0 Å². The molecule has 0 saturated heterocycles. The molecule has 0 radical (unpaired) electrons. The molecule has 0 spiro atoms. The molecular weight excluding hydrogens is 192 g/mol. The van der Waals surface area contributed by atoms with Gasteiger partial charge in [0.05, 0.1) is 0 Å². The highest BCUT2D eigenvalue weighted by Gasteiger charge is 2.07. The number of benzene rings is 1. The van der Waals surface area contributed by atoms with Crippen LogP contribution in [0.1, 0.15) is 17.1 Å². The normalized spacial score (nSPS) is 10.5. The van der Waals surface area contributed by atoms with Crippen molar-refractivity contribution in [2.75, 3.05) is 0 Å². The van der Waals surface area contributed by atoms with Crippen molar-refractivity contribution in [3.63, 3.8) is 0 Å². The van der Waals surface area contributed by atoms with Crippen LogP contribution < -0.4 is 5.82 Å². The minimum Gasteiger partial charge on any atom is -0.396 e. The number of hydrogen-bond donors (Lipinski definition) is 0. The molecule has 0 atom stereocenters. The van der Waals surface area contributed by atoms with Crippen molar-refractivity contribution in [1.82, 2.24) is 0 Å². The molecule has 2 rings (SSSR count). The molecule has 0 aliphatic carbocycles. The summed E-state index contributed by atoms with van der Waals surface area (Å²) in [4.78, 5) is 10.8. The molecule has 3 heteroatoms. The van der Waals surface area contributed by atoms with E-state index in [-0.39, 0.29) is 0 Å². The Morgan fingerprint density at radius 3 is 2.40 bits per heavy atom. The van der Waals surface area contributed by atoms with Crippen LogP contribution in [0, 0.1) is 6.92 Å². The van der Waals surface area contributed by atoms with E-state index in [0.29, 0.717) is 17.9 Å². The lowest BCUT2D eigenvalue weighted by Crippen LogP contribution is -1.92. The molecule has 0 saturated carbocycles. The van der Waals surface area contributed by atoms with Gasteiger partial charge in [-0.25, -0.2) is 4.79 Å². The van der Waals surface area contributed by atoms with E-state index in [1.54, 1.807) is 6.92 Å². The van der Waals surface area contributed by atoms with Crippen molar-refractivity contribution in [2.45, 2.75) is 19.8 Å². The summed E-state index contributed by atoms with van der Waals surface area (Å²) in [6.45, 7) is 1.74. The van der Waals surface area contributed by atoms with Crippen molar-refractivity contribution < 1.29 is 8.83 Å². The Bertz CT molecular complexity index is 479. The molecule has 0 aliphatic rings. The van der Waals surface area contributed by atoms with E-state index in [1.165, 1.54) is 5.56 Å². The molecule has 78 valence electrons. The summed E-state index contributed by atoms with van der Waals surface area (Å²) >= 11 is 0. The Balaban J connectivity index is 2.05. The SMILES string of the molecule is Cc1oc(=O)oc1CCc1ccccc1. The van der Waals surface area contributed by atoms with Gasteiger partial charge in [-0.1, -0.05) is 30.3 Å². The average Bonchev–Trinajstić information content (AvgIpc) is 2.56. The fourth-order valence-electron chi connectivity index (χ4n) is 1.50. The van der Waals surface area contributed by atoms with Gasteiger partial charge in [0.25, 0.3) is 0 Å². The highest BCUT2D eigenvalue weighted by atomic mass is 16.6. The smallest absolute Gasteiger partial charge is 0.396 e. The van der Waals surface area contributed by atoms with Crippen LogP contribution in [-0.4, -0.2) is 0 Å². The summed E-state index contributed by atoms with van der Waals surface area (Å²) in [5.41, 5.74) is 1.22. The molecule has 3 nitrogen and oxygen atoms in total. The van der Waals surface area contributed by atoms with Crippen molar-refractivity contribution in [3.05, 3.63) is 58.0 Å². The summed E-state index contributed by atoms with van der Waals surface area (Å²) < 4.78 is 9.69. The van der Waals surface area contributed by atoms with Gasteiger partial charge in [-0.2, -0.15) is 0 Å². The van der Waals surface area contributed by atoms with Gasteiger partial charge in [-0.05, 0) is 18.9 Å². The second-order valence-electron chi connectivity index (χ2n) is 3.42. The zero-order chi connectivity index (χ0) is 10.7. The minimum atomic E-state index is -0.615. The molecule has 0 unspecified atom stereocenters. The maximum atomic E-state index is 10.8. The quantitative estimate of drug-likeness (QED) is 0.770. The summed E-state index contributed by atoms with van der Waals surface area (Å²) in [7, 11) is 0. The number of hydrogen-bond acceptors (Lipinski definition) is 3. The van der Waals surface area contributed by atoms with Crippen LogP contribution in [0.5, 0.6) is 0 Å². The third-order valence-corrected chi connectivity index (χ3v) is 2.32. The van der Waals surface area contributed by atoms with Crippen LogP contribution in [0.3, 0.4) is 0 Å². The van der Waals surface area contributed by atoms with Gasteiger partial charge < -0.3 is 8.83 Å². The second kappa shape index (κ2) is 4.17. The molecule has 0 bridgehead atoms. The lowest BCUT2D eigenvalue weighted by atomic mass is 10.1. The number of aryl methyl sites for hydroxylation is 3. The average molecular weight is 204 g/mol. The molecule has 1 aromatic carbocycles. The fourth-order valence-corrected chi connectivity index (χ4v) is 1.50. The fraction of sp³-hybridized carbons (Fsp3) is 0.250. The monoisotopic (exact) mass is 204 g/mol. The molecule has 2 aromatic rings. The zero-order valence-corrected chi connectivity index (χ0v) is 8.53. The van der Waals surface area contributed by atoms with E-state index < -0.39 is 5.82 Å². The second-order valence-corrected chi connectivity index (χ2v) is 3.42. The molecule has 0 amide bonds. The largest absolute Gasteiger partial charge is 0.519 e. The van der Waals surface area contributed by atoms with Gasteiger partial charge in [-0.3, -0.25) is 0 Å². The summed E-state index contributed by atoms with van der Waals surface area (Å²) in [5, 5.41) is 0. The first-order chi connectivity index (χ1) is 7.25. The maximum Gasteiger partial charge on any atom is 0.519 e. The molecule has 1 heterocycles. The van der Waals surface area contributed by atoms with E-state index in [1.807, 2.05) is 30.3 Å². The Kier molecular flexibility index (Phi) is 2.72. The first kappa shape index (κ1) is 9.77. The minimum absolute atomic E-state index is 0.580. The molecule has 0 aliphatic heterocycles. The van der Waals surface area contributed by atoms with Crippen LogP contribution in [-0.2, 0) is 12.8 Å². The Labute approximate surface area is 87.3 Å². The van der Waals surface area contributed by atoms with Crippen LogP contribution in [0.2, 0.25) is 0 Å². The van der Waals surface area contributed by atoms with Crippen LogP contribution in [0.15, 0.2) is 44.0 Å². The van der Waals surface area contributed by atoms with Gasteiger partial charge in [0.2, 0.25) is 0 Å². The van der Waals surface area contributed by atoms with Crippen molar-refractivity contribution >= 4 is 0 Å². The van der Waals surface area contributed by atoms with Gasteiger partial charge in [0.1, 0.15) is 11.5 Å². The Morgan fingerprint density at radius 2 is 1.80 bits per heavy atom. The van der Waals surface area contributed by atoms with Crippen molar-refractivity contribution in [2.24, 2.45) is 0 Å². The molecule has 0 N–H and O–H groups in total. The lowest BCUT2D eigenvalue weighted by molar-refractivity contribution is 0.369. The van der Waals surface area contributed by atoms with Crippen LogP contribution in [0.4, 0.5) is 0 Å². The van der Waals surface area contributed by atoms with Crippen LogP contribution >= 0.6 is 0 Å². The van der Waals surface area contributed by atoms with E-state index in [9.17, 15) is 4.79 Å². The lowest BCUT2D eigenvalue weighted by Gasteiger charge is -1.97. The standard InChI is InChI=1S/C12H12O3/c1-9-11(15-12(13)14-9)8-7-10-5-3-2-4-6-10/h2-6H,7-8H2,1H3. The highest BCUT2D eigenvalue weighted by Crippen LogP contribution is 2.09. The van der Waals surface area contributed by atoms with E-state index in [0.717, 1.165) is 6.42 Å². The van der Waals surface area contributed by atoms with E-state index >= 15 is 0 Å². The van der Waals surface area contributed by atoms with E-state index in [4.69, 9.17) is 8.83 Å². The summed E-state index contributed by atoms with van der Waals surface area (Å²) in [6, 6.07) is 10.1. The van der Waals surface area contributed by atoms with Crippen LogP contribution in [0.25, 0.3) is 0 Å². The topological polar surface area (TPSA) is 43.4 Å². The predicted molar refractivity (Wildman–Crippen MR) is 55.8 cm³/mol. The number of rotatable bonds is 3. The Morgan fingerprint density at radius 1 is 1.07 bits per heavy atom. The molecule has 1 aromatic heterocycles. The summed E-state index contributed by atoms with van der Waals surface area (Å²) in [5.74, 6) is 0.607. The van der Waals surface area contributed by atoms with E-state index in [2.05, 4.69) is 0 Å². The van der Waals surface area contributed by atoms with Gasteiger partial charge in [0, 0.05) is 6.42 Å². The Hall–Kier alpha value is -1.77. The van der Waals surface area contributed by atoms with Crippen molar-refractivity contribution in [1.29, 1.82) is 0 Å². The molecule has 0 fully saturated rings. The highest BCUT2D eigenvalue weighted by molar-refractivity contribution is 5.16. The third kappa shape index (κ3) is 2.37.